The molecule has 0 amide bonds. The van der Waals surface area contributed by atoms with Gasteiger partial charge in [0.15, 0.2) is 0 Å². The van der Waals surface area contributed by atoms with E-state index in [1.54, 1.807) is 0 Å². The van der Waals surface area contributed by atoms with Gasteiger partial charge in [0.25, 0.3) is 0 Å². The van der Waals surface area contributed by atoms with Crippen molar-refractivity contribution in [2.45, 2.75) is 43.7 Å². The van der Waals surface area contributed by atoms with Crippen molar-refractivity contribution in [1.29, 1.82) is 0 Å². The summed E-state index contributed by atoms with van der Waals surface area (Å²) >= 11 is 0. The molecule has 1 saturated carbocycles. The summed E-state index contributed by atoms with van der Waals surface area (Å²) in [6.45, 7) is 3.11. The van der Waals surface area contributed by atoms with Crippen LogP contribution in [0.2, 0.25) is 0 Å². The van der Waals surface area contributed by atoms with Crippen LogP contribution in [-0.4, -0.2) is 57.6 Å². The van der Waals surface area contributed by atoms with Crippen molar-refractivity contribution in [2.75, 3.05) is 32.4 Å². The summed E-state index contributed by atoms with van der Waals surface area (Å²) in [4.78, 5) is 0. The summed E-state index contributed by atoms with van der Waals surface area (Å²) < 4.78 is 25.0. The number of aliphatic hydroxyl groups is 1. The summed E-state index contributed by atoms with van der Waals surface area (Å²) in [5, 5.41) is 16.7. The molecular weight excluding hydrogens is 278 g/mol. The molecule has 1 unspecified atom stereocenters. The molecule has 2 fully saturated rings. The lowest BCUT2D eigenvalue weighted by Gasteiger charge is -2.30. The molecule has 6 nitrogen and oxygen atoms in total. The van der Waals surface area contributed by atoms with Crippen LogP contribution in [0.25, 0.3) is 0 Å². The van der Waals surface area contributed by atoms with Gasteiger partial charge in [0.05, 0.1) is 11.9 Å². The van der Waals surface area contributed by atoms with Gasteiger partial charge in [-0.25, -0.2) is 13.1 Å². The van der Waals surface area contributed by atoms with Crippen LogP contribution in [0.3, 0.4) is 0 Å². The fourth-order valence-corrected chi connectivity index (χ4v) is 4.02. The largest absolute Gasteiger partial charge is 0.387 e. The Morgan fingerprint density at radius 1 is 1.30 bits per heavy atom. The van der Waals surface area contributed by atoms with E-state index in [0.717, 1.165) is 45.2 Å². The molecule has 0 aromatic heterocycles. The van der Waals surface area contributed by atoms with E-state index in [9.17, 15) is 13.5 Å². The lowest BCUT2D eigenvalue weighted by molar-refractivity contribution is 0.0596. The quantitative estimate of drug-likeness (QED) is 0.526. The molecule has 20 heavy (non-hydrogen) atoms. The topological polar surface area (TPSA) is 90.5 Å². The van der Waals surface area contributed by atoms with Crippen LogP contribution in [0.15, 0.2) is 0 Å². The average molecular weight is 305 g/mol. The first-order valence-electron chi connectivity index (χ1n) is 7.47. The zero-order chi connectivity index (χ0) is 14.6. The van der Waals surface area contributed by atoms with E-state index in [1.165, 1.54) is 6.26 Å². The van der Waals surface area contributed by atoms with Crippen LogP contribution >= 0.6 is 0 Å². The minimum absolute atomic E-state index is 0.101. The molecule has 7 heteroatoms. The van der Waals surface area contributed by atoms with Crippen LogP contribution in [0.4, 0.5) is 0 Å². The Hall–Kier alpha value is -0.210. The smallest absolute Gasteiger partial charge is 0.208 e. The number of sulfonamides is 1. The van der Waals surface area contributed by atoms with E-state index in [0.29, 0.717) is 19.0 Å². The molecule has 0 aromatic rings. The standard InChI is InChI=1S/C13H27N3O3S/c1-20(18,19)16-12-4-2-11(3-5-12)8-15-10-13(17)6-7-14-9-13/h11-12,14-17H,2-10H2,1H3. The maximum Gasteiger partial charge on any atom is 0.208 e. The monoisotopic (exact) mass is 305 g/mol. The molecule has 1 aliphatic carbocycles. The van der Waals surface area contributed by atoms with Crippen LogP contribution in [-0.2, 0) is 10.0 Å². The molecule has 2 rings (SSSR count). The van der Waals surface area contributed by atoms with Crippen molar-refractivity contribution in [1.82, 2.24) is 15.4 Å². The SMILES string of the molecule is CS(=O)(=O)NC1CCC(CNCC2(O)CCNC2)CC1. The van der Waals surface area contributed by atoms with Crippen molar-refractivity contribution in [3.05, 3.63) is 0 Å². The fraction of sp³-hybridized carbons (Fsp3) is 1.00. The zero-order valence-electron chi connectivity index (χ0n) is 12.2. The van der Waals surface area contributed by atoms with Crippen LogP contribution in [0, 0.1) is 5.92 Å². The van der Waals surface area contributed by atoms with Crippen molar-refractivity contribution < 1.29 is 13.5 Å². The molecule has 118 valence electrons. The molecule has 0 radical (unpaired) electrons. The second kappa shape index (κ2) is 6.70. The van der Waals surface area contributed by atoms with Gasteiger partial charge in [-0.3, -0.25) is 0 Å². The van der Waals surface area contributed by atoms with Crippen LogP contribution in [0.5, 0.6) is 0 Å². The molecule has 0 spiro atoms. The summed E-state index contributed by atoms with van der Waals surface area (Å²) in [7, 11) is -3.08. The molecule has 1 aliphatic heterocycles. The molecule has 0 aromatic carbocycles. The highest BCUT2D eigenvalue weighted by molar-refractivity contribution is 7.88. The van der Waals surface area contributed by atoms with E-state index in [2.05, 4.69) is 15.4 Å². The van der Waals surface area contributed by atoms with Crippen molar-refractivity contribution in [3.8, 4) is 0 Å². The predicted molar refractivity (Wildman–Crippen MR) is 79.0 cm³/mol. The third-order valence-corrected chi connectivity index (χ3v) is 5.10. The molecule has 1 atom stereocenters. The van der Waals surface area contributed by atoms with E-state index >= 15 is 0 Å². The van der Waals surface area contributed by atoms with Gasteiger partial charge in [-0.2, -0.15) is 0 Å². The van der Waals surface area contributed by atoms with Crippen molar-refractivity contribution in [3.63, 3.8) is 0 Å². The minimum atomic E-state index is -3.08. The van der Waals surface area contributed by atoms with Gasteiger partial charge in [-0.05, 0) is 51.1 Å². The molecule has 4 N–H and O–H groups in total. The van der Waals surface area contributed by atoms with Gasteiger partial charge in [0, 0.05) is 19.1 Å². The van der Waals surface area contributed by atoms with Gasteiger partial charge in [0.2, 0.25) is 10.0 Å². The lowest BCUT2D eigenvalue weighted by atomic mass is 9.86. The van der Waals surface area contributed by atoms with Crippen molar-refractivity contribution >= 4 is 10.0 Å². The Labute approximate surface area is 121 Å². The van der Waals surface area contributed by atoms with Gasteiger partial charge in [-0.1, -0.05) is 0 Å². The normalized spacial score (nSPS) is 35.3. The van der Waals surface area contributed by atoms with Gasteiger partial charge in [0.1, 0.15) is 0 Å². The maximum atomic E-state index is 11.2. The first-order valence-corrected chi connectivity index (χ1v) is 9.37. The Balaban J connectivity index is 1.62. The molecule has 2 aliphatic rings. The lowest BCUT2D eigenvalue weighted by Crippen LogP contribution is -2.44. The van der Waals surface area contributed by atoms with E-state index in [4.69, 9.17) is 0 Å². The van der Waals surface area contributed by atoms with Crippen LogP contribution < -0.4 is 15.4 Å². The number of rotatable bonds is 6. The van der Waals surface area contributed by atoms with E-state index in [1.807, 2.05) is 0 Å². The van der Waals surface area contributed by atoms with Gasteiger partial charge in [-0.15, -0.1) is 0 Å². The maximum absolute atomic E-state index is 11.2. The number of nitrogens with one attached hydrogen (secondary N) is 3. The number of hydrogen-bond donors (Lipinski definition) is 4. The predicted octanol–water partition coefficient (Wildman–Crippen LogP) is -0.592. The van der Waals surface area contributed by atoms with Gasteiger partial charge >= 0.3 is 0 Å². The Morgan fingerprint density at radius 3 is 2.55 bits per heavy atom. The summed E-state index contributed by atoms with van der Waals surface area (Å²) in [5.41, 5.74) is -0.588. The Morgan fingerprint density at radius 2 is 2.00 bits per heavy atom. The van der Waals surface area contributed by atoms with E-state index < -0.39 is 15.6 Å². The number of hydrogen-bond acceptors (Lipinski definition) is 5. The Kier molecular flexibility index (Phi) is 5.42. The highest BCUT2D eigenvalue weighted by Crippen LogP contribution is 2.24. The average Bonchev–Trinajstić information content (AvgIpc) is 2.77. The second-order valence-corrected chi connectivity index (χ2v) is 8.17. The first-order chi connectivity index (χ1) is 9.36. The van der Waals surface area contributed by atoms with Crippen molar-refractivity contribution in [2.24, 2.45) is 5.92 Å². The molecule has 1 heterocycles. The summed E-state index contributed by atoms with van der Waals surface area (Å²) in [5.74, 6) is 0.588. The highest BCUT2D eigenvalue weighted by Gasteiger charge is 2.31. The third-order valence-electron chi connectivity index (χ3n) is 4.34. The summed E-state index contributed by atoms with van der Waals surface area (Å²) in [6, 6.07) is 0.101. The minimum Gasteiger partial charge on any atom is -0.387 e. The fourth-order valence-electron chi connectivity index (χ4n) is 3.18. The summed E-state index contributed by atoms with van der Waals surface area (Å²) in [6.07, 6.45) is 5.92. The zero-order valence-corrected chi connectivity index (χ0v) is 13.0. The highest BCUT2D eigenvalue weighted by atomic mass is 32.2. The molecular formula is C13H27N3O3S. The Bertz CT molecular complexity index is 399. The molecule has 0 bridgehead atoms. The van der Waals surface area contributed by atoms with E-state index in [-0.39, 0.29) is 6.04 Å². The molecule has 1 saturated heterocycles. The first kappa shape index (κ1) is 16.2. The second-order valence-electron chi connectivity index (χ2n) is 6.39. The van der Waals surface area contributed by atoms with Gasteiger partial charge < -0.3 is 15.7 Å². The van der Waals surface area contributed by atoms with Crippen LogP contribution in [0.1, 0.15) is 32.1 Å². The third kappa shape index (κ3) is 5.29. The number of β-amino-alcohol motifs (C(OH)–C–C–N with tert-alkyl or cyclic N) is 1.